The van der Waals surface area contributed by atoms with Crippen LogP contribution in [0.5, 0.6) is 11.5 Å². The van der Waals surface area contributed by atoms with Gasteiger partial charge in [-0.3, -0.25) is 9.10 Å². The summed E-state index contributed by atoms with van der Waals surface area (Å²) in [5.41, 5.74) is 0.736. The molecule has 0 fully saturated rings. The van der Waals surface area contributed by atoms with Gasteiger partial charge in [0.05, 0.1) is 25.7 Å². The predicted molar refractivity (Wildman–Crippen MR) is 116 cm³/mol. The smallest absolute Gasteiger partial charge is 0.248 e. The second-order valence-electron chi connectivity index (χ2n) is 6.25. The summed E-state index contributed by atoms with van der Waals surface area (Å²) in [5, 5.41) is 3.09. The number of carbonyl (C=O) groups is 1. The maximum atomic E-state index is 13.0. The minimum atomic E-state index is -3.82. The molecule has 9 heteroatoms. The van der Waals surface area contributed by atoms with Crippen LogP contribution in [0.25, 0.3) is 0 Å². The van der Waals surface area contributed by atoms with Crippen molar-refractivity contribution < 1.29 is 22.7 Å². The molecule has 1 atom stereocenters. The van der Waals surface area contributed by atoms with E-state index in [4.69, 9.17) is 21.1 Å². The van der Waals surface area contributed by atoms with Crippen molar-refractivity contribution in [2.75, 3.05) is 29.6 Å². The summed E-state index contributed by atoms with van der Waals surface area (Å²) < 4.78 is 37.0. The first kappa shape index (κ1) is 22.8. The molecular weight excluding hydrogens is 416 g/mol. The molecule has 0 saturated heterocycles. The molecule has 2 rings (SSSR count). The third-order valence-corrected chi connectivity index (χ3v) is 5.54. The van der Waals surface area contributed by atoms with E-state index in [2.05, 4.69) is 5.32 Å². The molecule has 1 unspecified atom stereocenters. The second-order valence-corrected chi connectivity index (χ2v) is 8.54. The fraction of sp³-hybridized carbons (Fsp3) is 0.350. The number of nitrogens with zero attached hydrogens (tertiary/aromatic N) is 1. The Morgan fingerprint density at radius 3 is 2.34 bits per heavy atom. The second kappa shape index (κ2) is 9.84. The molecule has 0 aromatic heterocycles. The van der Waals surface area contributed by atoms with Crippen LogP contribution in [0.4, 0.5) is 11.4 Å². The van der Waals surface area contributed by atoms with Gasteiger partial charge in [0.25, 0.3) is 0 Å². The predicted octanol–water partition coefficient (Wildman–Crippen LogP) is 3.93. The van der Waals surface area contributed by atoms with Crippen molar-refractivity contribution in [1.29, 1.82) is 0 Å². The molecule has 0 aliphatic carbocycles. The Balaban J connectivity index is 2.38. The molecule has 0 bridgehead atoms. The quantitative estimate of drug-likeness (QED) is 0.638. The molecule has 0 saturated carbocycles. The highest BCUT2D eigenvalue weighted by Gasteiger charge is 2.33. The van der Waals surface area contributed by atoms with Gasteiger partial charge in [0.15, 0.2) is 0 Å². The Hall–Kier alpha value is -2.45. The lowest BCUT2D eigenvalue weighted by molar-refractivity contribution is -0.117. The molecule has 0 radical (unpaired) electrons. The number of anilines is 2. The Morgan fingerprint density at radius 1 is 1.17 bits per heavy atom. The van der Waals surface area contributed by atoms with Gasteiger partial charge >= 0.3 is 0 Å². The van der Waals surface area contributed by atoms with Crippen molar-refractivity contribution >= 4 is 38.9 Å². The average Bonchev–Trinajstić information content (AvgIpc) is 2.66. The van der Waals surface area contributed by atoms with Gasteiger partial charge in [0.2, 0.25) is 15.9 Å². The highest BCUT2D eigenvalue weighted by Crippen LogP contribution is 2.35. The summed E-state index contributed by atoms with van der Waals surface area (Å²) in [6.45, 7) is 4.15. The fourth-order valence-corrected chi connectivity index (χ4v) is 4.27. The Morgan fingerprint density at radius 2 is 1.83 bits per heavy atom. The van der Waals surface area contributed by atoms with Gasteiger partial charge in [0, 0.05) is 10.7 Å². The number of hydrogen-bond donors (Lipinski definition) is 1. The van der Waals surface area contributed by atoms with Gasteiger partial charge in [-0.1, -0.05) is 18.5 Å². The molecule has 2 aromatic carbocycles. The van der Waals surface area contributed by atoms with Crippen LogP contribution in [0, 0.1) is 0 Å². The first-order chi connectivity index (χ1) is 13.7. The van der Waals surface area contributed by atoms with Gasteiger partial charge in [-0.25, -0.2) is 8.42 Å². The highest BCUT2D eigenvalue weighted by atomic mass is 35.5. The minimum Gasteiger partial charge on any atom is -0.495 e. The summed E-state index contributed by atoms with van der Waals surface area (Å²) in [6.07, 6.45) is 1.28. The number of ether oxygens (including phenoxy) is 2. The van der Waals surface area contributed by atoms with E-state index in [1.54, 1.807) is 43.3 Å². The number of hydrogen-bond acceptors (Lipinski definition) is 5. The third kappa shape index (κ3) is 5.77. The van der Waals surface area contributed by atoms with E-state index in [0.29, 0.717) is 28.8 Å². The number of halogens is 1. The van der Waals surface area contributed by atoms with Crippen molar-refractivity contribution in [1.82, 2.24) is 0 Å². The topological polar surface area (TPSA) is 84.9 Å². The lowest BCUT2D eigenvalue weighted by Gasteiger charge is -2.31. The normalized spacial score (nSPS) is 12.2. The molecule has 0 heterocycles. The Labute approximate surface area is 176 Å². The number of benzene rings is 2. The zero-order chi connectivity index (χ0) is 21.6. The van der Waals surface area contributed by atoms with Gasteiger partial charge < -0.3 is 14.8 Å². The zero-order valence-electron chi connectivity index (χ0n) is 16.8. The number of nitrogens with one attached hydrogen (secondary N) is 1. The molecule has 0 aliphatic heterocycles. The van der Waals surface area contributed by atoms with E-state index < -0.39 is 22.0 Å². The summed E-state index contributed by atoms with van der Waals surface area (Å²) >= 11 is 6.08. The zero-order valence-corrected chi connectivity index (χ0v) is 18.4. The summed E-state index contributed by atoms with van der Waals surface area (Å²) in [6, 6.07) is 10.5. The van der Waals surface area contributed by atoms with Crippen molar-refractivity contribution in [2.45, 2.75) is 26.3 Å². The Kier molecular flexibility index (Phi) is 7.75. The van der Waals surface area contributed by atoms with Crippen molar-refractivity contribution in [3.63, 3.8) is 0 Å². The van der Waals surface area contributed by atoms with Crippen molar-refractivity contribution in [2.24, 2.45) is 0 Å². The molecule has 2 aromatic rings. The van der Waals surface area contributed by atoms with Gasteiger partial charge in [-0.15, -0.1) is 0 Å². The number of carbonyl (C=O) groups excluding carboxylic acids is 1. The van der Waals surface area contributed by atoms with Crippen LogP contribution >= 0.6 is 11.6 Å². The lowest BCUT2D eigenvalue weighted by Crippen LogP contribution is -2.47. The van der Waals surface area contributed by atoms with Gasteiger partial charge in [-0.05, 0) is 55.8 Å². The average molecular weight is 441 g/mol. The van der Waals surface area contributed by atoms with E-state index >= 15 is 0 Å². The van der Waals surface area contributed by atoms with E-state index in [9.17, 15) is 13.2 Å². The van der Waals surface area contributed by atoms with Crippen LogP contribution < -0.4 is 19.1 Å². The van der Waals surface area contributed by atoms with Crippen molar-refractivity contribution in [3.05, 3.63) is 47.5 Å². The maximum absolute atomic E-state index is 13.0. The molecule has 1 amide bonds. The first-order valence-electron chi connectivity index (χ1n) is 9.07. The largest absolute Gasteiger partial charge is 0.495 e. The standard InChI is InChI=1S/C20H25ClN2O5S/c1-5-17(20(24)22-15-8-10-16(11-9-15)28-6-2)23(29(4,25)26)18-13-14(21)7-12-19(18)27-3/h7-13,17H,5-6H2,1-4H3,(H,22,24). The lowest BCUT2D eigenvalue weighted by atomic mass is 10.1. The molecule has 7 nitrogen and oxygen atoms in total. The molecule has 29 heavy (non-hydrogen) atoms. The molecule has 1 N–H and O–H groups in total. The summed E-state index contributed by atoms with van der Waals surface area (Å²) in [5.74, 6) is 0.509. The molecule has 0 aliphatic rings. The highest BCUT2D eigenvalue weighted by molar-refractivity contribution is 7.92. The monoisotopic (exact) mass is 440 g/mol. The van der Waals surface area contributed by atoms with Crippen molar-refractivity contribution in [3.8, 4) is 11.5 Å². The van der Waals surface area contributed by atoms with Crippen LogP contribution in [0.2, 0.25) is 5.02 Å². The molecular formula is C20H25ClN2O5S. The number of rotatable bonds is 9. The van der Waals surface area contributed by atoms with Gasteiger partial charge in [-0.2, -0.15) is 0 Å². The fourth-order valence-electron chi connectivity index (χ4n) is 2.90. The van der Waals surface area contributed by atoms with Crippen LogP contribution in [-0.4, -0.2) is 40.3 Å². The van der Waals surface area contributed by atoms with Crippen LogP contribution in [0.3, 0.4) is 0 Å². The number of amides is 1. The van der Waals surface area contributed by atoms with Gasteiger partial charge in [0.1, 0.15) is 17.5 Å². The third-order valence-electron chi connectivity index (χ3n) is 4.14. The van der Waals surface area contributed by atoms with Crippen LogP contribution in [0.15, 0.2) is 42.5 Å². The SMILES string of the molecule is CCOc1ccc(NC(=O)C(CC)N(c2cc(Cl)ccc2OC)S(C)(=O)=O)cc1. The summed E-state index contributed by atoms with van der Waals surface area (Å²) in [7, 11) is -2.39. The maximum Gasteiger partial charge on any atom is 0.248 e. The molecule has 158 valence electrons. The molecule has 0 spiro atoms. The summed E-state index contributed by atoms with van der Waals surface area (Å²) in [4.78, 5) is 13.0. The number of sulfonamides is 1. The van der Waals surface area contributed by atoms with E-state index in [0.717, 1.165) is 10.6 Å². The van der Waals surface area contributed by atoms with Crippen LogP contribution in [-0.2, 0) is 14.8 Å². The van der Waals surface area contributed by atoms with E-state index in [-0.39, 0.29) is 12.1 Å². The van der Waals surface area contributed by atoms with Crippen LogP contribution in [0.1, 0.15) is 20.3 Å². The number of methoxy groups -OCH3 is 1. The van der Waals surface area contributed by atoms with E-state index in [1.165, 1.54) is 13.2 Å². The van der Waals surface area contributed by atoms with E-state index in [1.807, 2.05) is 6.92 Å². The first-order valence-corrected chi connectivity index (χ1v) is 11.3. The minimum absolute atomic E-state index is 0.205. The Bertz CT molecular complexity index is 948.